The molecule has 0 fully saturated rings. The highest BCUT2D eigenvalue weighted by Gasteiger charge is 1.93. The average molecular weight is 165 g/mol. The van der Waals surface area contributed by atoms with Gasteiger partial charge < -0.3 is 0 Å². The summed E-state index contributed by atoms with van der Waals surface area (Å²) >= 11 is 0. The Balaban J connectivity index is 3.36. The van der Waals surface area contributed by atoms with E-state index in [9.17, 15) is 0 Å². The Morgan fingerprint density at radius 1 is 1.42 bits per heavy atom. The highest BCUT2D eigenvalue weighted by atomic mass is 15.4. The zero-order chi connectivity index (χ0) is 9.14. The number of nitrogens with zero attached hydrogens (tertiary/aromatic N) is 3. The highest BCUT2D eigenvalue weighted by Crippen LogP contribution is 1.89. The van der Waals surface area contributed by atoms with Crippen molar-refractivity contribution < 1.29 is 0 Å². The van der Waals surface area contributed by atoms with Gasteiger partial charge in [-0.25, -0.2) is 4.68 Å². The summed E-state index contributed by atoms with van der Waals surface area (Å²) in [7, 11) is 1.90. The predicted octanol–water partition coefficient (Wildman–Crippen LogP) is 0.0520. The Morgan fingerprint density at radius 2 is 2.08 bits per heavy atom. The van der Waals surface area contributed by atoms with Crippen LogP contribution in [0.2, 0.25) is 0 Å². The van der Waals surface area contributed by atoms with Gasteiger partial charge in [0.1, 0.15) is 5.35 Å². The lowest BCUT2D eigenvalue weighted by Gasteiger charge is -1.89. The molecule has 0 unspecified atom stereocenters. The molecule has 1 aromatic heterocycles. The maximum atomic E-state index is 4.05. The van der Waals surface area contributed by atoms with Gasteiger partial charge >= 0.3 is 0 Å². The molecule has 1 aromatic rings. The summed E-state index contributed by atoms with van der Waals surface area (Å²) in [5.74, 6) is 0.514. The monoisotopic (exact) mass is 165 g/mol. The van der Waals surface area contributed by atoms with E-state index in [-0.39, 0.29) is 0 Å². The van der Waals surface area contributed by atoms with Crippen LogP contribution in [0.25, 0.3) is 12.2 Å². The molecule has 0 bridgehead atoms. The largest absolute Gasteiger partial charge is 0.248 e. The molecule has 0 aliphatic rings. The van der Waals surface area contributed by atoms with Crippen molar-refractivity contribution in [1.82, 2.24) is 15.0 Å². The molecule has 0 amide bonds. The first-order valence-electron chi connectivity index (χ1n) is 4.19. The minimum absolute atomic E-state index is 0.514. The standard InChI is InChI=1S/C9H15N3/c1-5-9-8(6-7(2)3)10-11-12(9)4/h5-7H,1-4H3/b8-6+,9-5+. The Morgan fingerprint density at radius 3 is 2.58 bits per heavy atom. The van der Waals surface area contributed by atoms with Crippen LogP contribution in [0, 0.1) is 5.92 Å². The van der Waals surface area contributed by atoms with Crippen LogP contribution >= 0.6 is 0 Å². The second kappa shape index (κ2) is 3.52. The summed E-state index contributed by atoms with van der Waals surface area (Å²) in [4.78, 5) is 0. The van der Waals surface area contributed by atoms with Crippen LogP contribution in [0.4, 0.5) is 0 Å². The van der Waals surface area contributed by atoms with Crippen LogP contribution in [0.15, 0.2) is 0 Å². The van der Waals surface area contributed by atoms with E-state index in [0.29, 0.717) is 5.92 Å². The molecule has 3 heteroatoms. The second-order valence-electron chi connectivity index (χ2n) is 3.18. The van der Waals surface area contributed by atoms with E-state index in [1.54, 1.807) is 4.68 Å². The summed E-state index contributed by atoms with van der Waals surface area (Å²) in [6.07, 6.45) is 4.14. The topological polar surface area (TPSA) is 30.7 Å². The molecule has 66 valence electrons. The number of aryl methyl sites for hydroxylation is 1. The van der Waals surface area contributed by atoms with Crippen LogP contribution in [0.5, 0.6) is 0 Å². The van der Waals surface area contributed by atoms with Crippen molar-refractivity contribution in [2.75, 3.05) is 0 Å². The zero-order valence-corrected chi connectivity index (χ0v) is 8.07. The molecule has 0 aromatic carbocycles. The fraction of sp³-hybridized carbons (Fsp3) is 0.556. The van der Waals surface area contributed by atoms with Crippen molar-refractivity contribution in [2.24, 2.45) is 13.0 Å². The van der Waals surface area contributed by atoms with Gasteiger partial charge in [-0.15, -0.1) is 5.10 Å². The van der Waals surface area contributed by atoms with Gasteiger partial charge in [0, 0.05) is 7.05 Å². The molecule has 0 atom stereocenters. The Bertz CT molecular complexity index is 360. The lowest BCUT2D eigenvalue weighted by molar-refractivity contribution is 0.698. The van der Waals surface area contributed by atoms with Crippen LogP contribution in [0.1, 0.15) is 20.8 Å². The lowest BCUT2D eigenvalue weighted by atomic mass is 10.2. The summed E-state index contributed by atoms with van der Waals surface area (Å²) in [5.41, 5.74) is 0. The molecule has 1 rings (SSSR count). The third-order valence-electron chi connectivity index (χ3n) is 1.66. The van der Waals surface area contributed by atoms with E-state index in [2.05, 4.69) is 30.2 Å². The van der Waals surface area contributed by atoms with E-state index < -0.39 is 0 Å². The molecule has 0 saturated carbocycles. The molecule has 0 saturated heterocycles. The smallest absolute Gasteiger partial charge is 0.109 e. The predicted molar refractivity (Wildman–Crippen MR) is 49.7 cm³/mol. The van der Waals surface area contributed by atoms with Crippen molar-refractivity contribution in [3.63, 3.8) is 0 Å². The number of rotatable bonds is 1. The molecule has 3 nitrogen and oxygen atoms in total. The van der Waals surface area contributed by atoms with Crippen LogP contribution in [-0.2, 0) is 7.05 Å². The van der Waals surface area contributed by atoms with Gasteiger partial charge in [0.05, 0.1) is 5.35 Å². The maximum Gasteiger partial charge on any atom is 0.109 e. The van der Waals surface area contributed by atoms with E-state index >= 15 is 0 Å². The molecule has 0 aliphatic carbocycles. The van der Waals surface area contributed by atoms with E-state index in [4.69, 9.17) is 0 Å². The van der Waals surface area contributed by atoms with Crippen molar-refractivity contribution in [3.05, 3.63) is 10.7 Å². The second-order valence-corrected chi connectivity index (χ2v) is 3.18. The van der Waals surface area contributed by atoms with Gasteiger partial charge in [-0.05, 0) is 12.8 Å². The fourth-order valence-corrected chi connectivity index (χ4v) is 1.15. The minimum atomic E-state index is 0.514. The van der Waals surface area contributed by atoms with Crippen LogP contribution in [0.3, 0.4) is 0 Å². The number of aromatic nitrogens is 3. The molecular formula is C9H15N3. The van der Waals surface area contributed by atoms with Gasteiger partial charge in [-0.3, -0.25) is 0 Å². The van der Waals surface area contributed by atoms with Crippen molar-refractivity contribution in [1.29, 1.82) is 0 Å². The van der Waals surface area contributed by atoms with E-state index in [1.807, 2.05) is 20.0 Å². The molecule has 0 aliphatic heterocycles. The minimum Gasteiger partial charge on any atom is -0.248 e. The molecule has 0 radical (unpaired) electrons. The van der Waals surface area contributed by atoms with Crippen molar-refractivity contribution in [3.8, 4) is 0 Å². The first-order chi connectivity index (χ1) is 5.65. The van der Waals surface area contributed by atoms with Crippen molar-refractivity contribution in [2.45, 2.75) is 20.8 Å². The first-order valence-corrected chi connectivity index (χ1v) is 4.19. The third-order valence-corrected chi connectivity index (χ3v) is 1.66. The zero-order valence-electron chi connectivity index (χ0n) is 8.07. The summed E-state index contributed by atoms with van der Waals surface area (Å²) in [6.45, 7) is 6.26. The normalized spacial score (nSPS) is 14.8. The SMILES string of the molecule is C/C=c1\c(=C/C(C)C)nnn1C. The Labute approximate surface area is 72.4 Å². The first kappa shape index (κ1) is 8.97. The van der Waals surface area contributed by atoms with Crippen molar-refractivity contribution >= 4 is 12.2 Å². The van der Waals surface area contributed by atoms with Gasteiger partial charge in [0.2, 0.25) is 0 Å². The molecule has 0 N–H and O–H groups in total. The average Bonchev–Trinajstić information content (AvgIpc) is 2.30. The van der Waals surface area contributed by atoms with Crippen LogP contribution < -0.4 is 10.7 Å². The fourth-order valence-electron chi connectivity index (χ4n) is 1.15. The van der Waals surface area contributed by atoms with E-state index in [1.165, 1.54) is 0 Å². The van der Waals surface area contributed by atoms with Gasteiger partial charge in [0.25, 0.3) is 0 Å². The Hall–Kier alpha value is -1.12. The lowest BCUT2D eigenvalue weighted by Crippen LogP contribution is -2.29. The Kier molecular flexibility index (Phi) is 2.63. The quantitative estimate of drug-likeness (QED) is 0.589. The third kappa shape index (κ3) is 1.72. The number of hydrogen-bond donors (Lipinski definition) is 0. The van der Waals surface area contributed by atoms with Gasteiger partial charge in [0.15, 0.2) is 0 Å². The van der Waals surface area contributed by atoms with Gasteiger partial charge in [-0.1, -0.05) is 31.2 Å². The molecular weight excluding hydrogens is 150 g/mol. The van der Waals surface area contributed by atoms with E-state index in [0.717, 1.165) is 10.7 Å². The highest BCUT2D eigenvalue weighted by molar-refractivity contribution is 5.24. The summed E-state index contributed by atoms with van der Waals surface area (Å²) < 4.78 is 1.79. The maximum absolute atomic E-state index is 4.05. The summed E-state index contributed by atoms with van der Waals surface area (Å²) in [6, 6.07) is 0. The molecule has 0 spiro atoms. The summed E-state index contributed by atoms with van der Waals surface area (Å²) in [5, 5.41) is 10.1. The van der Waals surface area contributed by atoms with Gasteiger partial charge in [-0.2, -0.15) is 0 Å². The molecule has 12 heavy (non-hydrogen) atoms. The van der Waals surface area contributed by atoms with Crippen LogP contribution in [-0.4, -0.2) is 15.0 Å². The number of hydrogen-bond acceptors (Lipinski definition) is 2. The molecule has 1 heterocycles.